The molecule has 0 saturated carbocycles. The van der Waals surface area contributed by atoms with Gasteiger partial charge in [0.05, 0.1) is 24.4 Å². The minimum atomic E-state index is -0.404. The van der Waals surface area contributed by atoms with E-state index in [1.165, 1.54) is 11.3 Å². The highest BCUT2D eigenvalue weighted by Crippen LogP contribution is 2.40. The number of hydrogen-bond acceptors (Lipinski definition) is 5. The quantitative estimate of drug-likeness (QED) is 0.656. The first kappa shape index (κ1) is 17.2. The van der Waals surface area contributed by atoms with Crippen LogP contribution in [0.1, 0.15) is 48.0 Å². The maximum absolute atomic E-state index is 12.3. The van der Waals surface area contributed by atoms with Gasteiger partial charge in [-0.1, -0.05) is 0 Å². The van der Waals surface area contributed by atoms with Gasteiger partial charge in [0.15, 0.2) is 0 Å². The standard InChI is InChI=1S/C15H20ClNO4S/c1-4-20-14(19)12-9-7-15(2,3)21-8-10(9)22-13(12)17-11(18)5-6-16/h4-8H2,1-3H3,(H,17,18). The third-order valence-electron chi connectivity index (χ3n) is 3.34. The monoisotopic (exact) mass is 345 g/mol. The zero-order valence-corrected chi connectivity index (χ0v) is 14.5. The van der Waals surface area contributed by atoms with Crippen molar-refractivity contribution in [3.05, 3.63) is 16.0 Å². The Morgan fingerprint density at radius 2 is 2.18 bits per heavy atom. The van der Waals surface area contributed by atoms with Crippen molar-refractivity contribution in [3.8, 4) is 0 Å². The summed E-state index contributed by atoms with van der Waals surface area (Å²) in [4.78, 5) is 25.1. The van der Waals surface area contributed by atoms with Gasteiger partial charge in [-0.05, 0) is 26.3 Å². The summed E-state index contributed by atoms with van der Waals surface area (Å²) in [6, 6.07) is 0. The van der Waals surface area contributed by atoms with Crippen molar-refractivity contribution < 1.29 is 19.1 Å². The van der Waals surface area contributed by atoms with Crippen molar-refractivity contribution in [2.24, 2.45) is 0 Å². The van der Waals surface area contributed by atoms with E-state index in [-0.39, 0.29) is 23.8 Å². The number of thiophene rings is 1. The summed E-state index contributed by atoms with van der Waals surface area (Å²) < 4.78 is 10.9. The number of nitrogens with one attached hydrogen (secondary N) is 1. The highest BCUT2D eigenvalue weighted by molar-refractivity contribution is 7.17. The number of carbonyl (C=O) groups excluding carboxylic acids is 2. The predicted octanol–water partition coefficient (Wildman–Crippen LogP) is 3.34. The van der Waals surface area contributed by atoms with E-state index >= 15 is 0 Å². The molecule has 0 atom stereocenters. The molecule has 0 bridgehead atoms. The number of halogens is 1. The minimum Gasteiger partial charge on any atom is -0.462 e. The van der Waals surface area contributed by atoms with Crippen LogP contribution >= 0.6 is 22.9 Å². The van der Waals surface area contributed by atoms with Crippen LogP contribution in [0.15, 0.2) is 0 Å². The average molecular weight is 346 g/mol. The number of hydrogen-bond donors (Lipinski definition) is 1. The topological polar surface area (TPSA) is 64.6 Å². The zero-order valence-electron chi connectivity index (χ0n) is 13.0. The lowest BCUT2D eigenvalue weighted by molar-refractivity contribution is -0.115. The smallest absolute Gasteiger partial charge is 0.341 e. The minimum absolute atomic E-state index is 0.203. The summed E-state index contributed by atoms with van der Waals surface area (Å²) in [6.45, 7) is 6.45. The van der Waals surface area contributed by atoms with Crippen molar-refractivity contribution in [1.82, 2.24) is 0 Å². The lowest BCUT2D eigenvalue weighted by Gasteiger charge is -2.30. The molecular weight excluding hydrogens is 326 g/mol. The highest BCUT2D eigenvalue weighted by Gasteiger charge is 2.34. The molecule has 2 rings (SSSR count). The third-order valence-corrected chi connectivity index (χ3v) is 4.65. The number of esters is 1. The van der Waals surface area contributed by atoms with Crippen LogP contribution in [0.25, 0.3) is 0 Å². The molecule has 1 amide bonds. The Hall–Kier alpha value is -1.11. The Labute approximate surface area is 138 Å². The third kappa shape index (κ3) is 3.80. The number of alkyl halides is 1. The van der Waals surface area contributed by atoms with Crippen LogP contribution in [0, 0.1) is 0 Å². The molecule has 0 aliphatic carbocycles. The molecular formula is C15H20ClNO4S. The van der Waals surface area contributed by atoms with E-state index < -0.39 is 5.97 Å². The Bertz CT molecular complexity index is 582. The SMILES string of the molecule is CCOC(=O)c1c(NC(=O)CCCl)sc2c1CC(C)(C)OC2. The molecule has 1 aromatic rings. The molecule has 2 heterocycles. The number of anilines is 1. The largest absolute Gasteiger partial charge is 0.462 e. The molecule has 0 spiro atoms. The molecule has 0 aromatic carbocycles. The van der Waals surface area contributed by atoms with Gasteiger partial charge in [0, 0.05) is 23.6 Å². The van der Waals surface area contributed by atoms with Crippen molar-refractivity contribution in [1.29, 1.82) is 0 Å². The van der Waals surface area contributed by atoms with Crippen LogP contribution in [0.2, 0.25) is 0 Å². The first-order valence-corrected chi connectivity index (χ1v) is 8.54. The number of rotatable bonds is 5. The van der Waals surface area contributed by atoms with E-state index in [9.17, 15) is 9.59 Å². The van der Waals surface area contributed by atoms with Crippen molar-refractivity contribution in [2.75, 3.05) is 17.8 Å². The van der Waals surface area contributed by atoms with Gasteiger partial charge in [-0.25, -0.2) is 4.79 Å². The average Bonchev–Trinajstić information content (AvgIpc) is 2.75. The molecule has 0 unspecified atom stereocenters. The molecule has 22 heavy (non-hydrogen) atoms. The van der Waals surface area contributed by atoms with E-state index in [1.807, 2.05) is 13.8 Å². The molecule has 5 nitrogen and oxygen atoms in total. The lowest BCUT2D eigenvalue weighted by atomic mass is 9.93. The first-order valence-electron chi connectivity index (χ1n) is 7.19. The maximum atomic E-state index is 12.3. The first-order chi connectivity index (χ1) is 10.4. The summed E-state index contributed by atoms with van der Waals surface area (Å²) in [7, 11) is 0. The number of amides is 1. The summed E-state index contributed by atoms with van der Waals surface area (Å²) >= 11 is 6.95. The second kappa shape index (κ2) is 6.98. The van der Waals surface area contributed by atoms with Gasteiger partial charge in [-0.15, -0.1) is 22.9 Å². The molecule has 7 heteroatoms. The van der Waals surface area contributed by atoms with Crippen LogP contribution in [-0.2, 0) is 27.3 Å². The van der Waals surface area contributed by atoms with Gasteiger partial charge >= 0.3 is 5.97 Å². The van der Waals surface area contributed by atoms with E-state index in [1.54, 1.807) is 6.92 Å². The van der Waals surface area contributed by atoms with Crippen molar-refractivity contribution in [2.45, 2.75) is 45.8 Å². The molecule has 0 fully saturated rings. The summed E-state index contributed by atoms with van der Waals surface area (Å²) in [5.41, 5.74) is 1.04. The van der Waals surface area contributed by atoms with Gasteiger partial charge in [-0.3, -0.25) is 4.79 Å². The van der Waals surface area contributed by atoms with Gasteiger partial charge < -0.3 is 14.8 Å². The highest BCUT2D eigenvalue weighted by atomic mass is 35.5. The Kier molecular flexibility index (Phi) is 5.47. The van der Waals surface area contributed by atoms with Crippen molar-refractivity contribution in [3.63, 3.8) is 0 Å². The van der Waals surface area contributed by atoms with E-state index in [0.717, 1.165) is 10.4 Å². The second-order valence-corrected chi connectivity index (χ2v) is 7.12. The number of fused-ring (bicyclic) bond motifs is 1. The summed E-state index contributed by atoms with van der Waals surface area (Å²) in [5, 5.41) is 3.30. The number of carbonyl (C=O) groups is 2. The second-order valence-electron chi connectivity index (χ2n) is 5.64. The zero-order chi connectivity index (χ0) is 16.3. The Balaban J connectivity index is 2.38. The molecule has 122 valence electrons. The van der Waals surface area contributed by atoms with Gasteiger partial charge in [-0.2, -0.15) is 0 Å². The summed E-state index contributed by atoms with van der Waals surface area (Å²) in [6.07, 6.45) is 0.812. The molecule has 1 aliphatic heterocycles. The van der Waals surface area contributed by atoms with Gasteiger partial charge in [0.25, 0.3) is 0 Å². The normalized spacial score (nSPS) is 16.0. The molecule has 1 aromatic heterocycles. The fraction of sp³-hybridized carbons (Fsp3) is 0.600. The maximum Gasteiger partial charge on any atom is 0.341 e. The van der Waals surface area contributed by atoms with E-state index in [0.29, 0.717) is 30.2 Å². The van der Waals surface area contributed by atoms with Crippen LogP contribution in [0.4, 0.5) is 5.00 Å². The van der Waals surface area contributed by atoms with Gasteiger partial charge in [0.2, 0.25) is 5.91 Å². The molecule has 1 N–H and O–H groups in total. The van der Waals surface area contributed by atoms with Crippen LogP contribution < -0.4 is 5.32 Å². The molecule has 1 aliphatic rings. The predicted molar refractivity (Wildman–Crippen MR) is 86.8 cm³/mol. The van der Waals surface area contributed by atoms with Crippen LogP contribution in [0.3, 0.4) is 0 Å². The Morgan fingerprint density at radius 3 is 2.82 bits per heavy atom. The lowest BCUT2D eigenvalue weighted by Crippen LogP contribution is -2.32. The molecule has 0 saturated heterocycles. The summed E-state index contributed by atoms with van der Waals surface area (Å²) in [5.74, 6) is -0.375. The fourth-order valence-corrected chi connectivity index (χ4v) is 3.64. The van der Waals surface area contributed by atoms with E-state index in [2.05, 4.69) is 5.32 Å². The van der Waals surface area contributed by atoms with Crippen LogP contribution in [0.5, 0.6) is 0 Å². The van der Waals surface area contributed by atoms with Crippen LogP contribution in [-0.4, -0.2) is 30.0 Å². The Morgan fingerprint density at radius 1 is 1.45 bits per heavy atom. The van der Waals surface area contributed by atoms with Gasteiger partial charge in [0.1, 0.15) is 5.00 Å². The molecule has 0 radical (unpaired) electrons. The fourth-order valence-electron chi connectivity index (χ4n) is 2.34. The van der Waals surface area contributed by atoms with E-state index in [4.69, 9.17) is 21.1 Å². The van der Waals surface area contributed by atoms with Crippen molar-refractivity contribution >= 4 is 39.8 Å². The number of ether oxygens (including phenoxy) is 2.